The van der Waals surface area contributed by atoms with Crippen molar-refractivity contribution in [1.82, 2.24) is 34.9 Å². The van der Waals surface area contributed by atoms with Crippen LogP contribution in [-0.4, -0.2) is 105 Å². The molecule has 2 amide bonds. The Labute approximate surface area is 290 Å². The number of ether oxygens (including phenoxy) is 1. The molecule has 0 spiro atoms. The molecule has 12 nitrogen and oxygen atoms in total. The van der Waals surface area contributed by atoms with E-state index in [4.69, 9.17) is 4.74 Å². The van der Waals surface area contributed by atoms with E-state index in [-0.39, 0.29) is 18.4 Å². The number of piperazine rings is 1. The van der Waals surface area contributed by atoms with Gasteiger partial charge in [0.25, 0.3) is 5.91 Å². The minimum absolute atomic E-state index is 0.0767. The molecule has 8 rings (SSSR count). The van der Waals surface area contributed by atoms with Gasteiger partial charge in [0, 0.05) is 104 Å². The van der Waals surface area contributed by atoms with Crippen molar-refractivity contribution in [3.8, 4) is 22.6 Å². The molecule has 1 atom stereocenters. The molecule has 2 N–H and O–H groups in total. The van der Waals surface area contributed by atoms with Gasteiger partial charge < -0.3 is 19.9 Å². The van der Waals surface area contributed by atoms with E-state index in [0.717, 1.165) is 52.2 Å². The third kappa shape index (κ3) is 6.56. The third-order valence-electron chi connectivity index (χ3n) is 10.1. The second-order valence-corrected chi connectivity index (χ2v) is 13.4. The topological polar surface area (TPSA) is 132 Å². The van der Waals surface area contributed by atoms with Gasteiger partial charge >= 0.3 is 0 Å². The quantitative estimate of drug-likeness (QED) is 0.216. The van der Waals surface area contributed by atoms with Crippen molar-refractivity contribution < 1.29 is 14.3 Å². The molecule has 1 unspecified atom stereocenters. The number of H-pyrrole nitrogens is 1. The SMILES string of the molecule is CCOC1(C(=O)Nc2ccc3[nH]nc(-c4ccnc(C5CC5)c4)c3c2)CCN(CC(=O)N2CCN(c3ccc(-c4ncccn4)cc3)CC2)C1. The van der Waals surface area contributed by atoms with E-state index in [1.165, 1.54) is 12.8 Å². The van der Waals surface area contributed by atoms with Crippen LogP contribution in [0.5, 0.6) is 0 Å². The Bertz CT molecular complexity index is 1990. The first-order chi connectivity index (χ1) is 24.5. The van der Waals surface area contributed by atoms with Crippen LogP contribution in [0.4, 0.5) is 11.4 Å². The Kier molecular flexibility index (Phi) is 8.71. The minimum Gasteiger partial charge on any atom is -0.368 e. The molecule has 2 aromatic carbocycles. The van der Waals surface area contributed by atoms with Crippen LogP contribution in [0.25, 0.3) is 33.5 Å². The summed E-state index contributed by atoms with van der Waals surface area (Å²) in [5, 5.41) is 11.8. The number of nitrogens with one attached hydrogen (secondary N) is 2. The predicted molar refractivity (Wildman–Crippen MR) is 192 cm³/mol. The molecule has 0 bridgehead atoms. The van der Waals surface area contributed by atoms with Gasteiger partial charge in [0.2, 0.25) is 5.91 Å². The van der Waals surface area contributed by atoms with Crippen molar-refractivity contribution in [1.29, 1.82) is 0 Å². The molecule has 12 heteroatoms. The van der Waals surface area contributed by atoms with E-state index in [0.29, 0.717) is 56.6 Å². The molecular weight excluding hydrogens is 630 g/mol. The number of carbonyl (C=O) groups excluding carboxylic acids is 2. The van der Waals surface area contributed by atoms with Gasteiger partial charge in [-0.15, -0.1) is 0 Å². The van der Waals surface area contributed by atoms with Gasteiger partial charge in [-0.3, -0.25) is 24.6 Å². The highest BCUT2D eigenvalue weighted by molar-refractivity contribution is 6.01. The standard InChI is InChI=1S/C38H41N9O3/c1-2-50-38(37(49)42-29-8-11-32-31(23-29)35(44-43-32)28-12-16-39-33(22-28)26-4-5-26)13-17-45(25-38)24-34(48)47-20-18-46(19-21-47)30-9-6-27(7-10-30)36-40-14-3-15-41-36/h3,6-12,14-16,22-23,26H,2,4-5,13,17-21,24-25H2,1H3,(H,42,49)(H,43,44). The number of amides is 2. The van der Waals surface area contributed by atoms with Crippen LogP contribution in [0, 0.1) is 0 Å². The first-order valence-corrected chi connectivity index (χ1v) is 17.5. The Morgan fingerprint density at radius 1 is 0.920 bits per heavy atom. The zero-order chi connectivity index (χ0) is 34.1. The van der Waals surface area contributed by atoms with Crippen LogP contribution < -0.4 is 10.2 Å². The van der Waals surface area contributed by atoms with Crippen LogP contribution in [0.3, 0.4) is 0 Å². The lowest BCUT2D eigenvalue weighted by molar-refractivity contribution is -0.140. The number of anilines is 2. The molecule has 1 aliphatic carbocycles. The minimum atomic E-state index is -1.04. The number of hydrogen-bond donors (Lipinski definition) is 2. The fourth-order valence-electron chi connectivity index (χ4n) is 7.17. The number of nitrogens with zero attached hydrogens (tertiary/aromatic N) is 7. The van der Waals surface area contributed by atoms with Gasteiger partial charge in [-0.05, 0) is 86.8 Å². The highest BCUT2D eigenvalue weighted by Gasteiger charge is 2.46. The maximum absolute atomic E-state index is 13.9. The summed E-state index contributed by atoms with van der Waals surface area (Å²) in [5.74, 6) is 1.13. The lowest BCUT2D eigenvalue weighted by Crippen LogP contribution is -2.52. The third-order valence-corrected chi connectivity index (χ3v) is 10.1. The fourth-order valence-corrected chi connectivity index (χ4v) is 7.17. The van der Waals surface area contributed by atoms with Crippen molar-refractivity contribution in [3.05, 3.63) is 84.9 Å². The highest BCUT2D eigenvalue weighted by Crippen LogP contribution is 2.40. The van der Waals surface area contributed by atoms with E-state index in [2.05, 4.69) is 53.6 Å². The molecule has 3 aromatic heterocycles. The number of rotatable bonds is 10. The molecule has 2 saturated heterocycles. The van der Waals surface area contributed by atoms with Crippen LogP contribution >= 0.6 is 0 Å². The molecular formula is C38H41N9O3. The summed E-state index contributed by atoms with van der Waals surface area (Å²) in [7, 11) is 0. The average molecular weight is 672 g/mol. The Balaban J connectivity index is 0.880. The number of hydrogen-bond acceptors (Lipinski definition) is 9. The van der Waals surface area contributed by atoms with Gasteiger partial charge in [0.1, 0.15) is 5.69 Å². The molecule has 0 radical (unpaired) electrons. The number of aromatic amines is 1. The van der Waals surface area contributed by atoms with Crippen LogP contribution in [0.1, 0.15) is 37.8 Å². The second kappa shape index (κ2) is 13.6. The van der Waals surface area contributed by atoms with E-state index in [1.54, 1.807) is 12.4 Å². The van der Waals surface area contributed by atoms with Crippen LogP contribution in [0.15, 0.2) is 79.3 Å². The smallest absolute Gasteiger partial charge is 0.258 e. The summed E-state index contributed by atoms with van der Waals surface area (Å²) in [6, 6.07) is 19.9. The van der Waals surface area contributed by atoms with Crippen molar-refractivity contribution in [3.63, 3.8) is 0 Å². The van der Waals surface area contributed by atoms with Gasteiger partial charge in [-0.25, -0.2) is 9.97 Å². The van der Waals surface area contributed by atoms with Gasteiger partial charge in [-0.1, -0.05) is 0 Å². The summed E-state index contributed by atoms with van der Waals surface area (Å²) in [4.78, 5) is 46.8. The zero-order valence-electron chi connectivity index (χ0n) is 28.2. The maximum atomic E-state index is 13.9. The number of carbonyl (C=O) groups is 2. The lowest BCUT2D eigenvalue weighted by atomic mass is 10.0. The fraction of sp³-hybridized carbons (Fsp3) is 0.368. The Morgan fingerprint density at radius 2 is 1.72 bits per heavy atom. The van der Waals surface area contributed by atoms with E-state index >= 15 is 0 Å². The molecule has 256 valence electrons. The maximum Gasteiger partial charge on any atom is 0.258 e. The van der Waals surface area contributed by atoms with Gasteiger partial charge in [0.05, 0.1) is 12.1 Å². The Morgan fingerprint density at radius 3 is 2.48 bits per heavy atom. The predicted octanol–water partition coefficient (Wildman–Crippen LogP) is 4.73. The first kappa shape index (κ1) is 32.0. The summed E-state index contributed by atoms with van der Waals surface area (Å²) in [6.07, 6.45) is 8.21. The number of aromatic nitrogens is 5. The average Bonchev–Trinajstić information content (AvgIpc) is 3.81. The van der Waals surface area contributed by atoms with Crippen molar-refractivity contribution in [2.75, 3.05) is 62.6 Å². The molecule has 1 saturated carbocycles. The van der Waals surface area contributed by atoms with Crippen LogP contribution in [-0.2, 0) is 14.3 Å². The molecule has 5 heterocycles. The van der Waals surface area contributed by atoms with Gasteiger partial charge in [0.15, 0.2) is 11.4 Å². The second-order valence-electron chi connectivity index (χ2n) is 13.4. The number of likely N-dealkylation sites (tertiary alicyclic amines) is 1. The number of benzene rings is 2. The van der Waals surface area contributed by atoms with E-state index in [9.17, 15) is 9.59 Å². The first-order valence-electron chi connectivity index (χ1n) is 17.5. The van der Waals surface area contributed by atoms with E-state index in [1.807, 2.05) is 65.4 Å². The number of fused-ring (bicyclic) bond motifs is 1. The largest absolute Gasteiger partial charge is 0.368 e. The molecule has 50 heavy (non-hydrogen) atoms. The summed E-state index contributed by atoms with van der Waals surface area (Å²) in [5.41, 5.74) is 5.57. The summed E-state index contributed by atoms with van der Waals surface area (Å²) < 4.78 is 6.17. The monoisotopic (exact) mass is 671 g/mol. The van der Waals surface area contributed by atoms with Crippen molar-refractivity contribution >= 4 is 34.1 Å². The van der Waals surface area contributed by atoms with Crippen molar-refractivity contribution in [2.24, 2.45) is 0 Å². The molecule has 3 fully saturated rings. The lowest BCUT2D eigenvalue weighted by Gasteiger charge is -2.37. The summed E-state index contributed by atoms with van der Waals surface area (Å²) >= 11 is 0. The zero-order valence-corrected chi connectivity index (χ0v) is 28.2. The van der Waals surface area contributed by atoms with Gasteiger partial charge in [-0.2, -0.15) is 5.10 Å². The van der Waals surface area contributed by atoms with Crippen molar-refractivity contribution in [2.45, 2.75) is 37.7 Å². The summed E-state index contributed by atoms with van der Waals surface area (Å²) in [6.45, 7) is 6.32. The molecule has 3 aliphatic rings. The Hall–Kier alpha value is -5.20. The van der Waals surface area contributed by atoms with E-state index < -0.39 is 5.60 Å². The normalized spacial score (nSPS) is 19.6. The number of pyridine rings is 1. The highest BCUT2D eigenvalue weighted by atomic mass is 16.5. The van der Waals surface area contributed by atoms with Crippen LogP contribution in [0.2, 0.25) is 0 Å². The molecule has 5 aromatic rings. The molecule has 2 aliphatic heterocycles.